The van der Waals surface area contributed by atoms with Crippen LogP contribution < -0.4 is 5.32 Å². The molecule has 1 saturated heterocycles. The summed E-state index contributed by atoms with van der Waals surface area (Å²) in [6, 6.07) is 13.1. The fourth-order valence-electron chi connectivity index (χ4n) is 4.22. The lowest BCUT2D eigenvalue weighted by atomic mass is 10.1. The Kier molecular flexibility index (Phi) is 7.51. The number of nitrogens with one attached hydrogen (secondary N) is 1. The summed E-state index contributed by atoms with van der Waals surface area (Å²) in [5, 5.41) is 3.39. The molecule has 1 N–H and O–H groups in total. The van der Waals surface area contributed by atoms with Crippen molar-refractivity contribution in [3.63, 3.8) is 0 Å². The second-order valence-corrected chi connectivity index (χ2v) is 7.39. The van der Waals surface area contributed by atoms with E-state index in [1.54, 1.807) is 0 Å². The average molecular weight is 390 g/mol. The maximum Gasteiger partial charge on any atom is 0.255 e. The number of hydrogen-bond donors (Lipinski definition) is 1. The van der Waals surface area contributed by atoms with E-state index in [0.717, 1.165) is 49.4 Å². The molecule has 4 nitrogen and oxygen atoms in total. The van der Waals surface area contributed by atoms with Crippen molar-refractivity contribution < 1.29 is 4.79 Å². The van der Waals surface area contributed by atoms with Crippen LogP contribution in [0, 0.1) is 13.8 Å². The number of aromatic nitrogens is 1. The van der Waals surface area contributed by atoms with E-state index in [4.69, 9.17) is 0 Å². The van der Waals surface area contributed by atoms with Crippen LogP contribution in [0.15, 0.2) is 36.4 Å². The molecule has 2 unspecified atom stereocenters. The number of carbonyl (C=O) groups is 1. The topological polar surface area (TPSA) is 37.3 Å². The maximum absolute atomic E-state index is 13.4. The summed E-state index contributed by atoms with van der Waals surface area (Å²) in [7, 11) is 0. The highest BCUT2D eigenvalue weighted by Gasteiger charge is 2.29. The van der Waals surface area contributed by atoms with Crippen LogP contribution in [0.1, 0.15) is 60.0 Å². The number of amides is 1. The van der Waals surface area contributed by atoms with Gasteiger partial charge in [0.2, 0.25) is 0 Å². The van der Waals surface area contributed by atoms with Gasteiger partial charge >= 0.3 is 0 Å². The van der Waals surface area contributed by atoms with Gasteiger partial charge in [-0.3, -0.25) is 4.79 Å². The van der Waals surface area contributed by atoms with Gasteiger partial charge < -0.3 is 14.8 Å². The van der Waals surface area contributed by atoms with Crippen LogP contribution >= 0.6 is 12.4 Å². The zero-order chi connectivity index (χ0) is 18.7. The molecule has 2 aromatic rings. The normalized spacial score (nSPS) is 17.4. The molecule has 0 saturated carbocycles. The van der Waals surface area contributed by atoms with Crippen molar-refractivity contribution in [2.75, 3.05) is 19.6 Å². The zero-order valence-electron chi connectivity index (χ0n) is 16.9. The number of nitrogens with zero attached hydrogens (tertiary/aromatic N) is 2. The SMILES string of the molecule is CCCN(C(=O)c1cc(C)n(C(C)c2ccccc2)c1C)C1CCNC1.Cl. The Morgan fingerprint density at radius 2 is 2.00 bits per heavy atom. The zero-order valence-corrected chi connectivity index (χ0v) is 17.7. The predicted molar refractivity (Wildman–Crippen MR) is 114 cm³/mol. The smallest absolute Gasteiger partial charge is 0.255 e. The Hall–Kier alpha value is -1.78. The van der Waals surface area contributed by atoms with E-state index in [-0.39, 0.29) is 24.4 Å². The second kappa shape index (κ2) is 9.43. The molecule has 0 spiro atoms. The third-order valence-electron chi connectivity index (χ3n) is 5.58. The van der Waals surface area contributed by atoms with Crippen LogP contribution in [-0.4, -0.2) is 41.1 Å². The fraction of sp³-hybridized carbons (Fsp3) is 0.500. The van der Waals surface area contributed by atoms with Gasteiger partial charge in [0.1, 0.15) is 0 Å². The lowest BCUT2D eigenvalue weighted by molar-refractivity contribution is 0.0691. The number of benzene rings is 1. The summed E-state index contributed by atoms with van der Waals surface area (Å²) in [5.41, 5.74) is 4.32. The summed E-state index contributed by atoms with van der Waals surface area (Å²) in [6.07, 6.45) is 2.03. The molecule has 2 heterocycles. The van der Waals surface area contributed by atoms with Crippen LogP contribution in [0.25, 0.3) is 0 Å². The fourth-order valence-corrected chi connectivity index (χ4v) is 4.22. The molecule has 1 amide bonds. The van der Waals surface area contributed by atoms with E-state index < -0.39 is 0 Å². The van der Waals surface area contributed by atoms with Crippen molar-refractivity contribution in [1.29, 1.82) is 0 Å². The van der Waals surface area contributed by atoms with Crippen molar-refractivity contribution in [2.24, 2.45) is 0 Å². The Morgan fingerprint density at radius 3 is 2.59 bits per heavy atom. The molecule has 1 aromatic carbocycles. The first kappa shape index (κ1) is 21.5. The van der Waals surface area contributed by atoms with Gasteiger partial charge in [-0.1, -0.05) is 37.3 Å². The molecule has 1 aromatic heterocycles. The lowest BCUT2D eigenvalue weighted by Crippen LogP contribution is -2.42. The lowest BCUT2D eigenvalue weighted by Gasteiger charge is -2.28. The Balaban J connectivity index is 0.00000261. The van der Waals surface area contributed by atoms with Gasteiger partial charge in [0, 0.05) is 30.5 Å². The molecule has 2 atom stereocenters. The van der Waals surface area contributed by atoms with Crippen molar-refractivity contribution in [1.82, 2.24) is 14.8 Å². The van der Waals surface area contributed by atoms with Crippen LogP contribution in [0.3, 0.4) is 0 Å². The maximum atomic E-state index is 13.4. The van der Waals surface area contributed by atoms with E-state index in [1.807, 2.05) is 6.07 Å². The summed E-state index contributed by atoms with van der Waals surface area (Å²) in [5.74, 6) is 0.181. The molecule has 1 aliphatic heterocycles. The van der Waals surface area contributed by atoms with Crippen molar-refractivity contribution in [2.45, 2.75) is 52.6 Å². The number of rotatable bonds is 6. The minimum atomic E-state index is 0. The standard InChI is InChI=1S/C22H31N3O.ClH/c1-5-13-24(20-11-12-23-15-20)22(26)21-14-16(2)25(18(21)4)17(3)19-9-7-6-8-10-19;/h6-10,14,17,20,23H,5,11-13,15H2,1-4H3;1H. The molecule has 27 heavy (non-hydrogen) atoms. The van der Waals surface area contributed by atoms with Crippen molar-refractivity contribution in [3.8, 4) is 0 Å². The van der Waals surface area contributed by atoms with Gasteiger partial charge in [-0.2, -0.15) is 0 Å². The highest BCUT2D eigenvalue weighted by atomic mass is 35.5. The quantitative estimate of drug-likeness (QED) is 0.797. The van der Waals surface area contributed by atoms with Crippen LogP contribution in [0.2, 0.25) is 0 Å². The van der Waals surface area contributed by atoms with Crippen LogP contribution in [-0.2, 0) is 0 Å². The van der Waals surface area contributed by atoms with Crippen molar-refractivity contribution in [3.05, 3.63) is 58.9 Å². The van der Waals surface area contributed by atoms with E-state index in [1.165, 1.54) is 5.56 Å². The van der Waals surface area contributed by atoms with E-state index >= 15 is 0 Å². The average Bonchev–Trinajstić information content (AvgIpc) is 3.27. The Bertz CT molecular complexity index is 750. The highest BCUT2D eigenvalue weighted by Crippen LogP contribution is 2.27. The Morgan fingerprint density at radius 1 is 1.30 bits per heavy atom. The first-order chi connectivity index (χ1) is 12.5. The van der Waals surface area contributed by atoms with Crippen LogP contribution in [0.5, 0.6) is 0 Å². The molecule has 148 valence electrons. The summed E-state index contributed by atoms with van der Waals surface area (Å²) in [6.45, 7) is 11.3. The molecule has 3 rings (SSSR count). The van der Waals surface area contributed by atoms with E-state index in [0.29, 0.717) is 6.04 Å². The summed E-state index contributed by atoms with van der Waals surface area (Å²) < 4.78 is 2.29. The third kappa shape index (κ3) is 4.39. The van der Waals surface area contributed by atoms with Crippen LogP contribution in [0.4, 0.5) is 0 Å². The van der Waals surface area contributed by atoms with Gasteiger partial charge in [0.05, 0.1) is 11.6 Å². The first-order valence-electron chi connectivity index (χ1n) is 9.79. The van der Waals surface area contributed by atoms with Gasteiger partial charge in [-0.05, 0) is 51.8 Å². The third-order valence-corrected chi connectivity index (χ3v) is 5.58. The van der Waals surface area contributed by atoms with Gasteiger partial charge in [0.15, 0.2) is 0 Å². The Labute approximate surface area is 169 Å². The highest BCUT2D eigenvalue weighted by molar-refractivity contribution is 5.96. The second-order valence-electron chi connectivity index (χ2n) is 7.39. The molecule has 0 bridgehead atoms. The molecule has 1 fully saturated rings. The summed E-state index contributed by atoms with van der Waals surface area (Å²) >= 11 is 0. The van der Waals surface area contributed by atoms with E-state index in [9.17, 15) is 4.79 Å². The largest absolute Gasteiger partial charge is 0.341 e. The number of halogens is 1. The molecule has 5 heteroatoms. The van der Waals surface area contributed by atoms with Crippen molar-refractivity contribution >= 4 is 18.3 Å². The number of hydrogen-bond acceptors (Lipinski definition) is 2. The minimum absolute atomic E-state index is 0. The van der Waals surface area contributed by atoms with E-state index in [2.05, 4.69) is 72.8 Å². The molecular weight excluding hydrogens is 358 g/mol. The molecule has 1 aliphatic rings. The van der Waals surface area contributed by atoms with Gasteiger partial charge in [0.25, 0.3) is 5.91 Å². The van der Waals surface area contributed by atoms with Gasteiger partial charge in [-0.25, -0.2) is 0 Å². The monoisotopic (exact) mass is 389 g/mol. The number of carbonyl (C=O) groups excluding carboxylic acids is 1. The molecule has 0 aliphatic carbocycles. The number of aryl methyl sites for hydroxylation is 1. The summed E-state index contributed by atoms with van der Waals surface area (Å²) in [4.78, 5) is 15.4. The predicted octanol–water partition coefficient (Wildman–Crippen LogP) is 4.35. The molecular formula is C22H32ClN3O. The van der Waals surface area contributed by atoms with Gasteiger partial charge in [-0.15, -0.1) is 12.4 Å². The minimum Gasteiger partial charge on any atom is -0.341 e. The first-order valence-corrected chi connectivity index (χ1v) is 9.79. The molecule has 0 radical (unpaired) electrons.